The number of halogens is 3. The van der Waals surface area contributed by atoms with Crippen molar-refractivity contribution in [2.45, 2.75) is 11.3 Å². The van der Waals surface area contributed by atoms with Gasteiger partial charge in [-0.1, -0.05) is 48.2 Å². The first kappa shape index (κ1) is 17.6. The number of hydrogen-bond donors (Lipinski definition) is 0. The Kier molecular flexibility index (Phi) is 5.19. The lowest BCUT2D eigenvalue weighted by molar-refractivity contribution is -0.141. The van der Waals surface area contributed by atoms with E-state index < -0.39 is 11.9 Å². The summed E-state index contributed by atoms with van der Waals surface area (Å²) >= 11 is 2.19. The molecular weight excluding hydrogens is 369 g/mol. The lowest BCUT2D eigenvalue weighted by Gasteiger charge is -2.09. The maximum atomic E-state index is 13.1. The quantitative estimate of drug-likeness (QED) is 0.347. The number of thiophene rings is 1. The third-order valence-electron chi connectivity index (χ3n) is 3.20. The zero-order valence-corrected chi connectivity index (χ0v) is 14.3. The SMILES string of the molecule is O=C(CSc1nc(-c2cccs2)cc(C(F)(F)F)n1)c1ccccc1. The van der Waals surface area contributed by atoms with Gasteiger partial charge in [0.2, 0.25) is 0 Å². The Morgan fingerprint density at radius 3 is 2.48 bits per heavy atom. The van der Waals surface area contributed by atoms with E-state index in [9.17, 15) is 18.0 Å². The average molecular weight is 380 g/mol. The molecule has 3 rings (SSSR count). The Balaban J connectivity index is 1.85. The molecule has 128 valence electrons. The van der Waals surface area contributed by atoms with Gasteiger partial charge in [0.25, 0.3) is 0 Å². The Bertz CT molecular complexity index is 865. The third kappa shape index (κ3) is 4.46. The Hall–Kier alpha value is -2.19. The molecule has 0 radical (unpaired) electrons. The molecule has 25 heavy (non-hydrogen) atoms. The van der Waals surface area contributed by atoms with Gasteiger partial charge in [-0.15, -0.1) is 11.3 Å². The molecule has 0 aliphatic carbocycles. The van der Waals surface area contributed by atoms with Crippen molar-refractivity contribution in [3.63, 3.8) is 0 Å². The van der Waals surface area contributed by atoms with Gasteiger partial charge in [0.05, 0.1) is 16.3 Å². The standard InChI is InChI=1S/C17H11F3N2OS2/c18-17(19,20)15-9-12(14-7-4-8-24-14)21-16(22-15)25-10-13(23)11-5-2-1-3-6-11/h1-9H,10H2. The van der Waals surface area contributed by atoms with Crippen LogP contribution in [0.5, 0.6) is 0 Å². The number of nitrogens with zero attached hydrogens (tertiary/aromatic N) is 2. The number of carbonyl (C=O) groups excluding carboxylic acids is 1. The van der Waals surface area contributed by atoms with Crippen LogP contribution in [0.1, 0.15) is 16.1 Å². The highest BCUT2D eigenvalue weighted by Crippen LogP contribution is 2.33. The first-order valence-electron chi connectivity index (χ1n) is 7.15. The summed E-state index contributed by atoms with van der Waals surface area (Å²) in [6, 6.07) is 12.9. The number of Topliss-reactive ketones (excluding diaryl/α,β-unsaturated/α-hetero) is 1. The summed E-state index contributed by atoms with van der Waals surface area (Å²) in [4.78, 5) is 20.5. The summed E-state index contributed by atoms with van der Waals surface area (Å²) in [5.74, 6) is -0.223. The number of carbonyl (C=O) groups is 1. The van der Waals surface area contributed by atoms with Gasteiger partial charge in [0, 0.05) is 5.56 Å². The topological polar surface area (TPSA) is 42.9 Å². The van der Waals surface area contributed by atoms with E-state index in [0.29, 0.717) is 10.4 Å². The molecule has 0 fully saturated rings. The Morgan fingerprint density at radius 1 is 1.08 bits per heavy atom. The van der Waals surface area contributed by atoms with E-state index in [2.05, 4.69) is 9.97 Å². The van der Waals surface area contributed by atoms with Crippen LogP contribution >= 0.6 is 23.1 Å². The van der Waals surface area contributed by atoms with Crippen molar-refractivity contribution in [2.75, 3.05) is 5.75 Å². The lowest BCUT2D eigenvalue weighted by Crippen LogP contribution is -2.10. The third-order valence-corrected chi connectivity index (χ3v) is 4.94. The van der Waals surface area contributed by atoms with Crippen LogP contribution in [-0.4, -0.2) is 21.5 Å². The second kappa shape index (κ2) is 7.37. The molecule has 0 unspecified atom stereocenters. The van der Waals surface area contributed by atoms with Crippen molar-refractivity contribution in [1.29, 1.82) is 0 Å². The number of alkyl halides is 3. The van der Waals surface area contributed by atoms with Gasteiger partial charge < -0.3 is 0 Å². The zero-order chi connectivity index (χ0) is 17.9. The molecule has 0 saturated heterocycles. The summed E-state index contributed by atoms with van der Waals surface area (Å²) < 4.78 is 39.3. The first-order chi connectivity index (χ1) is 11.9. The highest BCUT2D eigenvalue weighted by molar-refractivity contribution is 7.99. The number of hydrogen-bond acceptors (Lipinski definition) is 5. The predicted octanol–water partition coefficient (Wildman–Crippen LogP) is 5.20. The molecule has 3 aromatic rings. The first-order valence-corrected chi connectivity index (χ1v) is 9.01. The highest BCUT2D eigenvalue weighted by atomic mass is 32.2. The highest BCUT2D eigenvalue weighted by Gasteiger charge is 2.34. The molecule has 1 aromatic carbocycles. The molecule has 0 spiro atoms. The van der Waals surface area contributed by atoms with E-state index in [-0.39, 0.29) is 22.4 Å². The van der Waals surface area contributed by atoms with Crippen LogP contribution in [0.3, 0.4) is 0 Å². The molecule has 2 heterocycles. The van der Waals surface area contributed by atoms with Gasteiger partial charge in [0.15, 0.2) is 10.9 Å². The van der Waals surface area contributed by atoms with Gasteiger partial charge in [-0.25, -0.2) is 9.97 Å². The maximum Gasteiger partial charge on any atom is 0.433 e. The van der Waals surface area contributed by atoms with Crippen LogP contribution in [0.2, 0.25) is 0 Å². The lowest BCUT2D eigenvalue weighted by atomic mass is 10.2. The summed E-state index contributed by atoms with van der Waals surface area (Å²) in [7, 11) is 0. The van der Waals surface area contributed by atoms with Crippen molar-refractivity contribution in [2.24, 2.45) is 0 Å². The molecule has 0 bridgehead atoms. The molecule has 3 nitrogen and oxygen atoms in total. The Morgan fingerprint density at radius 2 is 1.84 bits per heavy atom. The number of rotatable bonds is 5. The van der Waals surface area contributed by atoms with Gasteiger partial charge in [-0.3, -0.25) is 4.79 Å². The average Bonchev–Trinajstić information content (AvgIpc) is 3.14. The number of benzene rings is 1. The summed E-state index contributed by atoms with van der Waals surface area (Å²) in [6.45, 7) is 0. The molecule has 0 amide bonds. The van der Waals surface area contributed by atoms with Crippen LogP contribution in [0.15, 0.2) is 59.1 Å². The maximum absolute atomic E-state index is 13.1. The Labute approximate surface area is 150 Å². The second-order valence-electron chi connectivity index (χ2n) is 4.97. The normalized spacial score (nSPS) is 11.5. The fourth-order valence-corrected chi connectivity index (χ4v) is 3.46. The summed E-state index contributed by atoms with van der Waals surface area (Å²) in [5, 5.41) is 1.69. The molecule has 0 aliphatic rings. The smallest absolute Gasteiger partial charge is 0.293 e. The van der Waals surface area contributed by atoms with Crippen LogP contribution in [0.25, 0.3) is 10.6 Å². The predicted molar refractivity (Wildman–Crippen MR) is 91.8 cm³/mol. The van der Waals surface area contributed by atoms with Gasteiger partial charge in [-0.2, -0.15) is 13.2 Å². The minimum absolute atomic E-state index is 0.0325. The van der Waals surface area contributed by atoms with E-state index in [1.54, 1.807) is 47.8 Å². The summed E-state index contributed by atoms with van der Waals surface area (Å²) in [5.41, 5.74) is -0.312. The minimum Gasteiger partial charge on any atom is -0.293 e. The molecule has 0 N–H and O–H groups in total. The van der Waals surface area contributed by atoms with Crippen molar-refractivity contribution in [3.05, 3.63) is 65.2 Å². The molecule has 0 saturated carbocycles. The van der Waals surface area contributed by atoms with Crippen LogP contribution in [-0.2, 0) is 6.18 Å². The van der Waals surface area contributed by atoms with E-state index in [1.165, 1.54) is 11.3 Å². The molecule has 0 atom stereocenters. The summed E-state index contributed by atoms with van der Waals surface area (Å²) in [6.07, 6.45) is -4.58. The van der Waals surface area contributed by atoms with Crippen LogP contribution in [0.4, 0.5) is 13.2 Å². The monoisotopic (exact) mass is 380 g/mol. The van der Waals surface area contributed by atoms with E-state index in [0.717, 1.165) is 17.8 Å². The van der Waals surface area contributed by atoms with E-state index >= 15 is 0 Å². The number of ketones is 1. The fraction of sp³-hybridized carbons (Fsp3) is 0.118. The largest absolute Gasteiger partial charge is 0.433 e. The van der Waals surface area contributed by atoms with E-state index in [1.807, 2.05) is 0 Å². The number of aromatic nitrogens is 2. The molecule has 8 heteroatoms. The van der Waals surface area contributed by atoms with Crippen molar-refractivity contribution < 1.29 is 18.0 Å². The van der Waals surface area contributed by atoms with Crippen molar-refractivity contribution in [3.8, 4) is 10.6 Å². The van der Waals surface area contributed by atoms with Crippen LogP contribution in [0, 0.1) is 0 Å². The van der Waals surface area contributed by atoms with Crippen molar-refractivity contribution in [1.82, 2.24) is 9.97 Å². The van der Waals surface area contributed by atoms with Crippen LogP contribution < -0.4 is 0 Å². The molecule has 0 aliphatic heterocycles. The van der Waals surface area contributed by atoms with Gasteiger partial charge in [-0.05, 0) is 17.5 Å². The van der Waals surface area contributed by atoms with Gasteiger partial charge in [0.1, 0.15) is 5.69 Å². The van der Waals surface area contributed by atoms with Crippen molar-refractivity contribution >= 4 is 28.9 Å². The molecular formula is C17H11F3N2OS2. The molecule has 2 aromatic heterocycles. The van der Waals surface area contributed by atoms with Gasteiger partial charge >= 0.3 is 6.18 Å². The number of thioether (sulfide) groups is 1. The fourth-order valence-electron chi connectivity index (χ4n) is 2.02. The second-order valence-corrected chi connectivity index (χ2v) is 6.86. The zero-order valence-electron chi connectivity index (χ0n) is 12.7. The minimum atomic E-state index is -4.58. The van der Waals surface area contributed by atoms with E-state index in [4.69, 9.17) is 0 Å².